The van der Waals surface area contributed by atoms with E-state index in [0.29, 0.717) is 35.0 Å². The van der Waals surface area contributed by atoms with E-state index >= 15 is 0 Å². The van der Waals surface area contributed by atoms with Gasteiger partial charge in [-0.25, -0.2) is 0 Å². The maximum Gasteiger partial charge on any atom is 0.295 e. The van der Waals surface area contributed by atoms with Crippen molar-refractivity contribution >= 4 is 29.1 Å². The number of Topliss-reactive ketones (excluding diaryl/α,β-unsaturated/α-hetero) is 1. The Balaban J connectivity index is 2.10. The second-order valence-electron chi connectivity index (χ2n) is 7.30. The van der Waals surface area contributed by atoms with Crippen molar-refractivity contribution in [2.24, 2.45) is 0 Å². The Labute approximate surface area is 187 Å². The first-order valence-corrected chi connectivity index (χ1v) is 10.7. The minimum atomic E-state index is -0.695. The number of hydrogen-bond donors (Lipinski definition) is 1. The Kier molecular flexibility index (Phi) is 7.36. The van der Waals surface area contributed by atoms with Gasteiger partial charge in [-0.1, -0.05) is 49.7 Å². The van der Waals surface area contributed by atoms with Gasteiger partial charge in [0, 0.05) is 23.7 Å². The van der Waals surface area contributed by atoms with Crippen molar-refractivity contribution in [1.82, 2.24) is 9.80 Å². The number of ketones is 1. The van der Waals surface area contributed by atoms with Crippen molar-refractivity contribution in [3.8, 4) is 5.75 Å². The molecule has 0 spiro atoms. The lowest BCUT2D eigenvalue weighted by Gasteiger charge is -2.28. The summed E-state index contributed by atoms with van der Waals surface area (Å²) < 4.78 is 5.23. The van der Waals surface area contributed by atoms with Gasteiger partial charge in [0.1, 0.15) is 11.5 Å². The van der Waals surface area contributed by atoms with Crippen LogP contribution in [0.2, 0.25) is 5.02 Å². The quantitative estimate of drug-likeness (QED) is 0.378. The third-order valence-electron chi connectivity index (χ3n) is 5.62. The van der Waals surface area contributed by atoms with Gasteiger partial charge in [-0.05, 0) is 42.9 Å². The zero-order valence-corrected chi connectivity index (χ0v) is 18.7. The van der Waals surface area contributed by atoms with Crippen LogP contribution in [-0.4, -0.2) is 59.9 Å². The van der Waals surface area contributed by atoms with Crippen molar-refractivity contribution in [2.75, 3.05) is 33.3 Å². The van der Waals surface area contributed by atoms with Crippen molar-refractivity contribution in [3.05, 3.63) is 70.3 Å². The van der Waals surface area contributed by atoms with Gasteiger partial charge in [0.25, 0.3) is 11.7 Å². The predicted octanol–water partition coefficient (Wildman–Crippen LogP) is 4.11. The van der Waals surface area contributed by atoms with Crippen LogP contribution in [0.3, 0.4) is 0 Å². The third kappa shape index (κ3) is 4.75. The van der Waals surface area contributed by atoms with E-state index in [9.17, 15) is 14.7 Å². The Morgan fingerprint density at radius 1 is 1.13 bits per heavy atom. The predicted molar refractivity (Wildman–Crippen MR) is 121 cm³/mol. The zero-order valence-electron chi connectivity index (χ0n) is 18.0. The van der Waals surface area contributed by atoms with Crippen LogP contribution in [0.25, 0.3) is 5.76 Å². The van der Waals surface area contributed by atoms with E-state index in [4.69, 9.17) is 16.3 Å². The van der Waals surface area contributed by atoms with Crippen LogP contribution < -0.4 is 4.74 Å². The van der Waals surface area contributed by atoms with E-state index in [2.05, 4.69) is 18.7 Å². The fraction of sp³-hybridized carbons (Fsp3) is 0.333. The molecule has 7 heteroatoms. The number of benzene rings is 2. The normalized spacial score (nSPS) is 18.1. The minimum Gasteiger partial charge on any atom is -0.507 e. The molecule has 2 aromatic rings. The largest absolute Gasteiger partial charge is 0.507 e. The summed E-state index contributed by atoms with van der Waals surface area (Å²) in [5.74, 6) is -0.984. The zero-order chi connectivity index (χ0) is 22.5. The number of ether oxygens (including phenoxy) is 1. The Hall–Kier alpha value is -2.83. The Morgan fingerprint density at radius 3 is 2.42 bits per heavy atom. The van der Waals surface area contributed by atoms with Crippen LogP contribution in [-0.2, 0) is 9.59 Å². The summed E-state index contributed by atoms with van der Waals surface area (Å²) in [5.41, 5.74) is 1.20. The monoisotopic (exact) mass is 442 g/mol. The lowest BCUT2D eigenvalue weighted by Crippen LogP contribution is -2.38. The summed E-state index contributed by atoms with van der Waals surface area (Å²) in [6, 6.07) is 13.1. The van der Waals surface area contributed by atoms with Crippen LogP contribution in [0.1, 0.15) is 31.0 Å². The number of carbonyl (C=O) groups is 2. The van der Waals surface area contributed by atoms with E-state index in [1.54, 1.807) is 48.5 Å². The summed E-state index contributed by atoms with van der Waals surface area (Å²) in [5, 5.41) is 11.6. The number of halogens is 1. The summed E-state index contributed by atoms with van der Waals surface area (Å²) in [6.07, 6.45) is 0. The van der Waals surface area contributed by atoms with Gasteiger partial charge in [-0.15, -0.1) is 0 Å². The van der Waals surface area contributed by atoms with E-state index in [1.807, 2.05) is 0 Å². The molecular weight excluding hydrogens is 416 g/mol. The highest BCUT2D eigenvalue weighted by atomic mass is 35.5. The van der Waals surface area contributed by atoms with Crippen LogP contribution in [0, 0.1) is 0 Å². The molecule has 6 nitrogen and oxygen atoms in total. The molecule has 0 saturated carbocycles. The van der Waals surface area contributed by atoms with Crippen molar-refractivity contribution in [2.45, 2.75) is 19.9 Å². The van der Waals surface area contributed by atoms with Crippen molar-refractivity contribution < 1.29 is 19.4 Å². The molecule has 1 amide bonds. The second-order valence-corrected chi connectivity index (χ2v) is 7.74. The lowest BCUT2D eigenvalue weighted by atomic mass is 9.95. The van der Waals surface area contributed by atoms with Crippen molar-refractivity contribution in [3.63, 3.8) is 0 Å². The molecular formula is C24H27ClN2O4. The second kappa shape index (κ2) is 9.98. The molecule has 0 radical (unpaired) electrons. The van der Waals surface area contributed by atoms with E-state index in [0.717, 1.165) is 13.1 Å². The number of aliphatic hydroxyl groups excluding tert-OH is 1. The molecule has 1 fully saturated rings. The molecule has 1 heterocycles. The summed E-state index contributed by atoms with van der Waals surface area (Å²) in [4.78, 5) is 29.7. The van der Waals surface area contributed by atoms with Gasteiger partial charge in [0.05, 0.1) is 18.7 Å². The number of aliphatic hydroxyl groups is 1. The molecule has 1 aliphatic rings. The molecule has 0 bridgehead atoms. The molecule has 1 N–H and O–H groups in total. The first-order valence-electron chi connectivity index (χ1n) is 10.3. The highest BCUT2D eigenvalue weighted by molar-refractivity contribution is 6.46. The standard InChI is InChI=1S/C24H27ClN2O4/c1-4-26(5-2)13-14-27-21(16-9-11-18(25)12-10-16)20(23(29)24(27)30)22(28)17-7-6-8-19(15-17)31-3/h6-12,15,21,28H,4-5,13-14H2,1-3H3/b22-20-. The summed E-state index contributed by atoms with van der Waals surface area (Å²) in [6.45, 7) is 6.79. The van der Waals surface area contributed by atoms with Crippen LogP contribution in [0.15, 0.2) is 54.1 Å². The van der Waals surface area contributed by atoms with Crippen molar-refractivity contribution in [1.29, 1.82) is 0 Å². The molecule has 1 unspecified atom stereocenters. The number of amides is 1. The Bertz CT molecular complexity index is 983. The summed E-state index contributed by atoms with van der Waals surface area (Å²) in [7, 11) is 1.53. The number of likely N-dealkylation sites (tertiary alicyclic amines) is 1. The first-order chi connectivity index (χ1) is 14.9. The van der Waals surface area contributed by atoms with Gasteiger partial charge < -0.3 is 19.6 Å². The lowest BCUT2D eigenvalue weighted by molar-refractivity contribution is -0.140. The van der Waals surface area contributed by atoms with Gasteiger partial charge in [-0.3, -0.25) is 9.59 Å². The molecule has 31 heavy (non-hydrogen) atoms. The van der Waals surface area contributed by atoms with Crippen LogP contribution >= 0.6 is 11.6 Å². The molecule has 2 aromatic carbocycles. The SMILES string of the molecule is CCN(CC)CCN1C(=O)C(=O)/C(=C(\O)c2cccc(OC)c2)C1c1ccc(Cl)cc1. The molecule has 3 rings (SSSR count). The third-order valence-corrected chi connectivity index (χ3v) is 5.87. The van der Waals surface area contributed by atoms with Crippen LogP contribution in [0.5, 0.6) is 5.75 Å². The van der Waals surface area contributed by atoms with E-state index in [-0.39, 0.29) is 11.3 Å². The number of nitrogens with zero attached hydrogens (tertiary/aromatic N) is 2. The average Bonchev–Trinajstić information content (AvgIpc) is 3.04. The number of carbonyl (C=O) groups excluding carboxylic acids is 2. The smallest absolute Gasteiger partial charge is 0.295 e. The van der Waals surface area contributed by atoms with E-state index < -0.39 is 17.7 Å². The summed E-state index contributed by atoms with van der Waals surface area (Å²) >= 11 is 6.05. The average molecular weight is 443 g/mol. The molecule has 1 aliphatic heterocycles. The number of likely N-dealkylation sites (N-methyl/N-ethyl adjacent to an activating group) is 1. The van der Waals surface area contributed by atoms with Gasteiger partial charge in [-0.2, -0.15) is 0 Å². The maximum atomic E-state index is 13.0. The topological polar surface area (TPSA) is 70.1 Å². The van der Waals surface area contributed by atoms with E-state index in [1.165, 1.54) is 12.0 Å². The van der Waals surface area contributed by atoms with Crippen LogP contribution in [0.4, 0.5) is 0 Å². The molecule has 0 aliphatic carbocycles. The fourth-order valence-electron chi connectivity index (χ4n) is 3.82. The van der Waals surface area contributed by atoms with Gasteiger partial charge in [0.15, 0.2) is 0 Å². The highest BCUT2D eigenvalue weighted by Gasteiger charge is 2.45. The first kappa shape index (κ1) is 22.8. The number of rotatable bonds is 8. The van der Waals surface area contributed by atoms with Gasteiger partial charge >= 0.3 is 0 Å². The molecule has 0 aromatic heterocycles. The number of hydrogen-bond acceptors (Lipinski definition) is 5. The fourth-order valence-corrected chi connectivity index (χ4v) is 3.94. The number of methoxy groups -OCH3 is 1. The maximum absolute atomic E-state index is 13.0. The molecule has 164 valence electrons. The molecule has 1 atom stereocenters. The molecule has 1 saturated heterocycles. The minimum absolute atomic E-state index is 0.0696. The Morgan fingerprint density at radius 2 is 1.81 bits per heavy atom. The van der Waals surface area contributed by atoms with Gasteiger partial charge in [0.2, 0.25) is 0 Å². The highest BCUT2D eigenvalue weighted by Crippen LogP contribution is 2.39.